The van der Waals surface area contributed by atoms with Gasteiger partial charge in [-0.05, 0) is 81.8 Å². The first kappa shape index (κ1) is 42.1. The molecular weight excluding hydrogens is 692 g/mol. The molecule has 5 N–H and O–H groups in total. The Bertz CT molecular complexity index is 1720. The maximum Gasteiger partial charge on any atom is 0.405 e. The molecule has 0 saturated carbocycles. The number of aliphatic hydroxyl groups excluding tert-OH is 1. The topological polar surface area (TPSA) is 187 Å². The lowest BCUT2D eigenvalue weighted by molar-refractivity contribution is -0.120. The fraction of sp³-hybridized carbons (Fsp3) is 0.488. The van der Waals surface area contributed by atoms with Crippen molar-refractivity contribution in [1.82, 2.24) is 15.5 Å². The Morgan fingerprint density at radius 3 is 2.33 bits per heavy atom. The zero-order chi connectivity index (χ0) is 39.5. The van der Waals surface area contributed by atoms with Crippen molar-refractivity contribution >= 4 is 29.5 Å². The average Bonchev–Trinajstić information content (AvgIpc) is 3.14. The van der Waals surface area contributed by atoms with E-state index in [1.54, 1.807) is 38.1 Å². The SMILES string of the molecule is CO[C@H]1/C=C\C=C(/C)C(=O)NC2=CC(=O)C(NC(=O)c3ccc(CN4CCCCC4)cc3)=C(C[C@@H](C)C[C@H](OC)[C@H](O)[C@@H](C)/C=C(\C)[C@H]1OC(N)=O)C2=O. The summed E-state index contributed by atoms with van der Waals surface area (Å²) in [6, 6.07) is 7.19. The summed E-state index contributed by atoms with van der Waals surface area (Å²) in [6.07, 6.45) is 6.68. The summed E-state index contributed by atoms with van der Waals surface area (Å²) >= 11 is 0. The van der Waals surface area contributed by atoms with Gasteiger partial charge in [0, 0.05) is 49.5 Å². The van der Waals surface area contributed by atoms with Gasteiger partial charge in [-0.3, -0.25) is 24.1 Å². The van der Waals surface area contributed by atoms with E-state index in [0.717, 1.165) is 31.3 Å². The van der Waals surface area contributed by atoms with Gasteiger partial charge >= 0.3 is 6.09 Å². The molecule has 54 heavy (non-hydrogen) atoms. The number of primary amides is 1. The molecule has 4 rings (SSSR count). The molecule has 1 aliphatic carbocycles. The third kappa shape index (κ3) is 11.2. The number of allylic oxidation sites excluding steroid dienone is 4. The van der Waals surface area contributed by atoms with E-state index in [2.05, 4.69) is 15.5 Å². The van der Waals surface area contributed by atoms with Gasteiger partial charge in [0.15, 0.2) is 6.10 Å². The number of ketones is 2. The molecule has 2 heterocycles. The number of carbonyl (C=O) groups is 5. The number of piperidine rings is 1. The Morgan fingerprint density at radius 1 is 1.02 bits per heavy atom. The Morgan fingerprint density at radius 2 is 1.70 bits per heavy atom. The van der Waals surface area contributed by atoms with Gasteiger partial charge in [0.05, 0.1) is 23.6 Å². The number of hydrogen-bond donors (Lipinski definition) is 4. The first-order chi connectivity index (χ1) is 25.7. The van der Waals surface area contributed by atoms with Crippen LogP contribution in [0.4, 0.5) is 4.79 Å². The third-order valence-corrected chi connectivity index (χ3v) is 10.1. The van der Waals surface area contributed by atoms with Gasteiger partial charge in [-0.2, -0.15) is 0 Å². The number of benzene rings is 1. The highest BCUT2D eigenvalue weighted by Crippen LogP contribution is 2.29. The molecule has 1 fully saturated rings. The Balaban J connectivity index is 1.67. The van der Waals surface area contributed by atoms with Gasteiger partial charge in [0.2, 0.25) is 11.6 Å². The van der Waals surface area contributed by atoms with Crippen LogP contribution in [0, 0.1) is 11.8 Å². The van der Waals surface area contributed by atoms with Crippen molar-refractivity contribution in [3.05, 3.63) is 93.9 Å². The van der Waals surface area contributed by atoms with Crippen molar-refractivity contribution in [2.24, 2.45) is 17.6 Å². The third-order valence-electron chi connectivity index (χ3n) is 10.1. The molecule has 13 heteroatoms. The highest BCUT2D eigenvalue weighted by molar-refractivity contribution is 6.24. The second-order valence-electron chi connectivity index (χ2n) is 14.4. The number of amides is 3. The zero-order valence-corrected chi connectivity index (χ0v) is 32.1. The van der Waals surface area contributed by atoms with E-state index in [4.69, 9.17) is 19.9 Å². The van der Waals surface area contributed by atoms with E-state index < -0.39 is 59.8 Å². The predicted molar refractivity (Wildman–Crippen MR) is 203 cm³/mol. The van der Waals surface area contributed by atoms with Crippen LogP contribution in [0.1, 0.15) is 75.7 Å². The van der Waals surface area contributed by atoms with Gasteiger partial charge < -0.3 is 35.7 Å². The summed E-state index contributed by atoms with van der Waals surface area (Å²) in [6.45, 7) is 9.74. The fourth-order valence-corrected chi connectivity index (χ4v) is 7.04. The average molecular weight is 747 g/mol. The largest absolute Gasteiger partial charge is 0.439 e. The Kier molecular flexibility index (Phi) is 15.3. The minimum Gasteiger partial charge on any atom is -0.439 e. The fourth-order valence-electron chi connectivity index (χ4n) is 7.04. The monoisotopic (exact) mass is 746 g/mol. The molecule has 292 valence electrons. The molecule has 0 unspecified atom stereocenters. The second-order valence-corrected chi connectivity index (χ2v) is 14.4. The van der Waals surface area contributed by atoms with Crippen LogP contribution < -0.4 is 16.4 Å². The zero-order valence-electron chi connectivity index (χ0n) is 32.1. The number of rotatable bonds is 7. The number of methoxy groups -OCH3 is 2. The number of nitrogens with two attached hydrogens (primary N) is 1. The number of hydrogen-bond acceptors (Lipinski definition) is 10. The molecule has 1 aromatic carbocycles. The van der Waals surface area contributed by atoms with Gasteiger partial charge in [0.25, 0.3) is 11.8 Å². The molecule has 1 aromatic rings. The number of Topliss-reactive ketones (excluding diaryl/α,β-unsaturated/α-hetero) is 1. The van der Waals surface area contributed by atoms with Crippen molar-refractivity contribution in [2.45, 2.75) is 90.8 Å². The number of fused-ring (bicyclic) bond motifs is 2. The van der Waals surface area contributed by atoms with Crippen molar-refractivity contribution in [1.29, 1.82) is 0 Å². The molecule has 1 saturated heterocycles. The molecule has 0 radical (unpaired) electrons. The number of aliphatic hydroxyl groups is 1. The van der Waals surface area contributed by atoms with E-state index in [1.807, 2.05) is 19.1 Å². The van der Waals surface area contributed by atoms with E-state index in [1.165, 1.54) is 52.6 Å². The van der Waals surface area contributed by atoms with Gasteiger partial charge in [-0.1, -0.05) is 56.7 Å². The number of nitrogens with zero attached hydrogens (tertiary/aromatic N) is 1. The lowest BCUT2D eigenvalue weighted by Crippen LogP contribution is -2.38. The van der Waals surface area contributed by atoms with Crippen LogP contribution in [-0.4, -0.2) is 91.2 Å². The van der Waals surface area contributed by atoms with Crippen molar-refractivity contribution in [3.8, 4) is 0 Å². The summed E-state index contributed by atoms with van der Waals surface area (Å²) in [5, 5.41) is 16.7. The molecule has 13 nitrogen and oxygen atoms in total. The molecule has 3 amide bonds. The molecule has 2 bridgehead atoms. The number of likely N-dealkylation sites (tertiary alicyclic amines) is 1. The highest BCUT2D eigenvalue weighted by Gasteiger charge is 2.34. The predicted octanol–water partition coefficient (Wildman–Crippen LogP) is 4.18. The van der Waals surface area contributed by atoms with Crippen molar-refractivity contribution in [3.63, 3.8) is 0 Å². The number of ether oxygens (including phenoxy) is 3. The van der Waals surface area contributed by atoms with Crippen LogP contribution in [0.15, 0.2) is 82.8 Å². The summed E-state index contributed by atoms with van der Waals surface area (Å²) in [5.74, 6) is -3.29. The van der Waals surface area contributed by atoms with E-state index >= 15 is 0 Å². The van der Waals surface area contributed by atoms with E-state index in [0.29, 0.717) is 11.1 Å². The summed E-state index contributed by atoms with van der Waals surface area (Å²) in [5.41, 5.74) is 7.17. The molecule has 6 atom stereocenters. The second kappa shape index (κ2) is 19.6. The maximum atomic E-state index is 14.0. The van der Waals surface area contributed by atoms with E-state index in [-0.39, 0.29) is 41.3 Å². The summed E-state index contributed by atoms with van der Waals surface area (Å²) in [4.78, 5) is 68.7. The summed E-state index contributed by atoms with van der Waals surface area (Å²) < 4.78 is 16.7. The smallest absolute Gasteiger partial charge is 0.405 e. The lowest BCUT2D eigenvalue weighted by atomic mass is 9.85. The standard InChI is InChI=1S/C41H54N4O9/c1-24-19-30-35(44-40(50)29-15-13-28(14-16-29)23-45-17-8-7-9-18-45)32(46)22-31(37(30)48)43-39(49)25(2)11-10-12-33(52-5)38(54-41(42)51)27(4)21-26(3)36(47)34(20-24)53-6/h10-16,21-22,24,26,33-34,36,38,47H,7-9,17-20,23H2,1-6H3,(H2,42,51)(H,43,49)(H,44,50)/b12-10-,25-11+,27-21+/t24-,26+,33+,34+,36-,38-/m1/s1. The number of nitrogens with one attached hydrogen (secondary N) is 2. The minimum atomic E-state index is -1.03. The Labute approximate surface area is 317 Å². The van der Waals surface area contributed by atoms with Crippen LogP contribution in [0.2, 0.25) is 0 Å². The lowest BCUT2D eigenvalue weighted by Gasteiger charge is -2.30. The molecule has 0 aromatic heterocycles. The molecular formula is C41H54N4O9. The van der Waals surface area contributed by atoms with Crippen LogP contribution in [0.5, 0.6) is 0 Å². The van der Waals surface area contributed by atoms with Gasteiger partial charge in [0.1, 0.15) is 6.10 Å². The molecule has 2 aliphatic heterocycles. The van der Waals surface area contributed by atoms with Crippen molar-refractivity contribution in [2.75, 3.05) is 27.3 Å². The highest BCUT2D eigenvalue weighted by atomic mass is 16.6. The van der Waals surface area contributed by atoms with Crippen LogP contribution in [-0.2, 0) is 35.1 Å². The van der Waals surface area contributed by atoms with Crippen LogP contribution in [0.3, 0.4) is 0 Å². The van der Waals surface area contributed by atoms with Crippen LogP contribution >= 0.6 is 0 Å². The quantitative estimate of drug-likeness (QED) is 0.233. The van der Waals surface area contributed by atoms with Crippen LogP contribution in [0.25, 0.3) is 0 Å². The van der Waals surface area contributed by atoms with Gasteiger partial charge in [-0.15, -0.1) is 0 Å². The molecule has 0 spiro atoms. The van der Waals surface area contributed by atoms with E-state index in [9.17, 15) is 29.1 Å². The van der Waals surface area contributed by atoms with Gasteiger partial charge in [-0.25, -0.2) is 4.79 Å². The summed E-state index contributed by atoms with van der Waals surface area (Å²) in [7, 11) is 2.89. The molecule has 3 aliphatic rings. The minimum absolute atomic E-state index is 0.0274. The first-order valence-corrected chi connectivity index (χ1v) is 18.4. The normalized spacial score (nSPS) is 29.2. The first-order valence-electron chi connectivity index (χ1n) is 18.4. The van der Waals surface area contributed by atoms with Crippen molar-refractivity contribution < 1.29 is 43.3 Å². The number of carbonyl (C=O) groups excluding carboxylic acids is 5. The Hall–Kier alpha value is -4.69. The maximum absolute atomic E-state index is 14.0.